The zero-order valence-corrected chi connectivity index (χ0v) is 36.1. The summed E-state index contributed by atoms with van der Waals surface area (Å²) < 4.78 is 3.04. The standard InChI is InChI=1S/C24H26BrN3O.C22H32N4O3/c1-4-24(2)17-9-8-16(15-10-12-27(3)13-11-15)14-20(17)28-19-7-5-6-18(25)21(19)22(29)26-23(24)28;1-23-21(28)19(8-5-15-27)20-10-9-18(16-24-20)25-11-13-26(14-12-25)22(29)17-6-3-2-4-7-17/h5-9,14-15H,4,10-13H2,1-3H3;9-10,15-17,19H,2-8,11-14H2,1H3,(H,23,28). The van der Waals surface area contributed by atoms with Crippen LogP contribution in [-0.4, -0.2) is 95.8 Å². The van der Waals surface area contributed by atoms with Gasteiger partial charge in [0, 0.05) is 50.0 Å². The van der Waals surface area contributed by atoms with Crippen LogP contribution >= 0.6 is 15.9 Å². The second-order valence-corrected chi connectivity index (χ2v) is 17.6. The van der Waals surface area contributed by atoms with E-state index in [0.717, 1.165) is 86.3 Å². The highest BCUT2D eigenvalue weighted by Crippen LogP contribution is 2.46. The van der Waals surface area contributed by atoms with Gasteiger partial charge in [-0.15, -0.1) is 0 Å². The number of halogens is 1. The van der Waals surface area contributed by atoms with E-state index < -0.39 is 5.92 Å². The van der Waals surface area contributed by atoms with E-state index in [-0.39, 0.29) is 22.8 Å². The molecule has 11 nitrogen and oxygen atoms in total. The largest absolute Gasteiger partial charge is 0.367 e. The average molecular weight is 853 g/mol. The van der Waals surface area contributed by atoms with E-state index >= 15 is 0 Å². The van der Waals surface area contributed by atoms with Crippen LogP contribution in [0.3, 0.4) is 0 Å². The summed E-state index contributed by atoms with van der Waals surface area (Å²) in [5.41, 5.74) is 6.09. The summed E-state index contributed by atoms with van der Waals surface area (Å²) >= 11 is 3.57. The minimum atomic E-state index is -0.413. The Morgan fingerprint density at radius 2 is 1.72 bits per heavy atom. The number of piperazine rings is 1. The van der Waals surface area contributed by atoms with Crippen molar-refractivity contribution >= 4 is 50.6 Å². The molecular formula is C46H58BrN7O4. The first-order chi connectivity index (χ1) is 28.1. The number of fused-ring (bicyclic) bond motifs is 5. The van der Waals surface area contributed by atoms with Crippen molar-refractivity contribution < 1.29 is 14.4 Å². The summed E-state index contributed by atoms with van der Waals surface area (Å²) in [7, 11) is 3.80. The van der Waals surface area contributed by atoms with E-state index in [2.05, 4.69) is 84.7 Å². The second-order valence-electron chi connectivity index (χ2n) is 16.7. The van der Waals surface area contributed by atoms with Crippen LogP contribution in [0.1, 0.15) is 113 Å². The summed E-state index contributed by atoms with van der Waals surface area (Å²) in [6.45, 7) is 9.78. The Kier molecular flexibility index (Phi) is 13.1. The van der Waals surface area contributed by atoms with Crippen LogP contribution in [0.4, 0.5) is 5.69 Å². The average Bonchev–Trinajstić information content (AvgIpc) is 3.51. The molecule has 4 aromatic rings. The minimum absolute atomic E-state index is 0.123. The van der Waals surface area contributed by atoms with Crippen LogP contribution in [0, 0.1) is 5.92 Å². The first-order valence-electron chi connectivity index (χ1n) is 21.3. The molecule has 1 saturated carbocycles. The molecule has 3 aliphatic heterocycles. The third-order valence-corrected chi connectivity index (χ3v) is 13.9. The molecule has 8 rings (SSSR count). The van der Waals surface area contributed by atoms with Gasteiger partial charge >= 0.3 is 0 Å². The number of piperidine rings is 1. The van der Waals surface area contributed by atoms with Gasteiger partial charge in [-0.1, -0.05) is 44.4 Å². The second kappa shape index (κ2) is 18.2. The molecule has 4 aliphatic rings. The van der Waals surface area contributed by atoms with Gasteiger partial charge in [-0.2, -0.15) is 4.98 Å². The molecule has 2 amide bonds. The topological polar surface area (TPSA) is 121 Å². The Bertz CT molecular complexity index is 2170. The molecule has 2 aromatic carbocycles. The van der Waals surface area contributed by atoms with Crippen molar-refractivity contribution in [2.24, 2.45) is 5.92 Å². The zero-order valence-electron chi connectivity index (χ0n) is 34.5. The van der Waals surface area contributed by atoms with Crippen molar-refractivity contribution in [3.63, 3.8) is 0 Å². The number of likely N-dealkylation sites (N-methyl/N-ethyl adjacent to an activating group) is 1. The molecule has 2 saturated heterocycles. The van der Waals surface area contributed by atoms with Gasteiger partial charge in [-0.25, -0.2) is 0 Å². The number of anilines is 1. The van der Waals surface area contributed by atoms with Gasteiger partial charge in [-0.05, 0) is 129 Å². The van der Waals surface area contributed by atoms with Gasteiger partial charge in [0.05, 0.1) is 45.5 Å². The third kappa shape index (κ3) is 8.37. The lowest BCUT2D eigenvalue weighted by molar-refractivity contribution is -0.136. The lowest BCUT2D eigenvalue weighted by atomic mass is 9.79. The first kappa shape index (κ1) is 41.7. The quantitative estimate of drug-likeness (QED) is 0.177. The lowest BCUT2D eigenvalue weighted by Crippen LogP contribution is -2.50. The molecule has 2 atom stereocenters. The number of aldehydes is 1. The number of nitrogens with zero attached hydrogens (tertiary/aromatic N) is 6. The van der Waals surface area contributed by atoms with Crippen molar-refractivity contribution in [1.82, 2.24) is 29.7 Å². The lowest BCUT2D eigenvalue weighted by Gasteiger charge is -2.38. The van der Waals surface area contributed by atoms with Crippen LogP contribution in [0.15, 0.2) is 64.0 Å². The Balaban J connectivity index is 0.000000177. The molecule has 0 bridgehead atoms. The summed E-state index contributed by atoms with van der Waals surface area (Å²) in [6, 6.07) is 16.8. The van der Waals surface area contributed by atoms with Gasteiger partial charge in [0.25, 0.3) is 5.56 Å². The summed E-state index contributed by atoms with van der Waals surface area (Å²) in [5, 5.41) is 3.31. The van der Waals surface area contributed by atoms with Gasteiger partial charge in [0.15, 0.2) is 0 Å². The number of benzene rings is 2. The van der Waals surface area contributed by atoms with Crippen LogP contribution < -0.4 is 15.8 Å². The molecule has 308 valence electrons. The number of amides is 2. The number of carbonyl (C=O) groups excluding carboxylic acids is 3. The molecule has 1 aliphatic carbocycles. The van der Waals surface area contributed by atoms with Crippen molar-refractivity contribution in [1.29, 1.82) is 0 Å². The number of likely N-dealkylation sites (tertiary alicyclic amines) is 1. The number of carbonyl (C=O) groups is 3. The molecule has 2 unspecified atom stereocenters. The Morgan fingerprint density at radius 1 is 0.983 bits per heavy atom. The number of nitrogens with one attached hydrogen (secondary N) is 1. The third-order valence-electron chi connectivity index (χ3n) is 13.3. The maximum atomic E-state index is 12.9. The van der Waals surface area contributed by atoms with Crippen molar-refractivity contribution in [2.75, 3.05) is 58.3 Å². The molecule has 12 heteroatoms. The Hall–Kier alpha value is -4.42. The fourth-order valence-electron chi connectivity index (χ4n) is 9.51. The van der Waals surface area contributed by atoms with Crippen LogP contribution in [0.2, 0.25) is 0 Å². The molecule has 2 aromatic heterocycles. The molecule has 0 radical (unpaired) electrons. The van der Waals surface area contributed by atoms with E-state index in [1.54, 1.807) is 13.2 Å². The van der Waals surface area contributed by atoms with E-state index in [1.807, 2.05) is 35.2 Å². The summed E-state index contributed by atoms with van der Waals surface area (Å²) in [5.74, 6) is 1.49. The summed E-state index contributed by atoms with van der Waals surface area (Å²) in [4.78, 5) is 64.2. The maximum Gasteiger partial charge on any atom is 0.281 e. The van der Waals surface area contributed by atoms with Crippen molar-refractivity contribution in [3.05, 3.63) is 92.2 Å². The van der Waals surface area contributed by atoms with Gasteiger partial charge in [0.2, 0.25) is 11.8 Å². The van der Waals surface area contributed by atoms with Crippen LogP contribution in [-0.2, 0) is 19.8 Å². The van der Waals surface area contributed by atoms with Crippen molar-refractivity contribution in [2.45, 2.75) is 95.3 Å². The first-order valence-corrected chi connectivity index (χ1v) is 22.1. The number of hydrogen-bond donors (Lipinski definition) is 1. The predicted molar refractivity (Wildman–Crippen MR) is 233 cm³/mol. The number of pyridine rings is 1. The normalized spacial score (nSPS) is 20.5. The highest BCUT2D eigenvalue weighted by Gasteiger charge is 2.41. The molecular weight excluding hydrogens is 794 g/mol. The van der Waals surface area contributed by atoms with Crippen LogP contribution in [0.5, 0.6) is 0 Å². The Labute approximate surface area is 350 Å². The molecule has 5 heterocycles. The highest BCUT2D eigenvalue weighted by molar-refractivity contribution is 9.10. The SMILES string of the molecule is CCC1(C)c2ccc(C3CCN(C)CC3)cc2-n2c1nc(=O)c1c(Br)cccc12.CNC(=O)C(CCC=O)c1ccc(N2CCN(C(=O)C3CCCCC3)CC2)cn1. The zero-order chi connectivity index (χ0) is 41.0. The summed E-state index contributed by atoms with van der Waals surface area (Å²) in [6.07, 6.45) is 12.4. The highest BCUT2D eigenvalue weighted by atomic mass is 79.9. The van der Waals surface area contributed by atoms with Crippen molar-refractivity contribution in [3.8, 4) is 5.69 Å². The number of rotatable bonds is 9. The van der Waals surface area contributed by atoms with E-state index in [4.69, 9.17) is 0 Å². The smallest absolute Gasteiger partial charge is 0.281 e. The van der Waals surface area contributed by atoms with Gasteiger partial charge in [-0.3, -0.25) is 23.9 Å². The number of hydrogen-bond acceptors (Lipinski definition) is 8. The molecule has 0 spiro atoms. The fourth-order valence-corrected chi connectivity index (χ4v) is 10.0. The number of aromatic nitrogens is 3. The maximum absolute atomic E-state index is 12.9. The van der Waals surface area contributed by atoms with Gasteiger partial charge in [0.1, 0.15) is 12.1 Å². The van der Waals surface area contributed by atoms with E-state index in [0.29, 0.717) is 35.7 Å². The molecule has 58 heavy (non-hydrogen) atoms. The fraction of sp³-hybridized carbons (Fsp3) is 0.522. The monoisotopic (exact) mass is 851 g/mol. The minimum Gasteiger partial charge on any atom is -0.367 e. The van der Waals surface area contributed by atoms with E-state index in [9.17, 15) is 19.2 Å². The van der Waals surface area contributed by atoms with E-state index in [1.165, 1.54) is 48.9 Å². The molecule has 3 fully saturated rings. The van der Waals surface area contributed by atoms with Crippen LogP contribution in [0.25, 0.3) is 16.6 Å². The predicted octanol–water partition coefficient (Wildman–Crippen LogP) is 7.11. The Morgan fingerprint density at radius 3 is 2.38 bits per heavy atom. The molecule has 1 N–H and O–H groups in total. The van der Waals surface area contributed by atoms with Gasteiger partial charge < -0.3 is 24.8 Å².